The number of aromatic nitrogens is 2. The van der Waals surface area contributed by atoms with Gasteiger partial charge in [0.15, 0.2) is 0 Å². The highest BCUT2D eigenvalue weighted by Gasteiger charge is 2.03. The van der Waals surface area contributed by atoms with Crippen LogP contribution < -0.4 is 5.32 Å². The van der Waals surface area contributed by atoms with Gasteiger partial charge in [0.25, 0.3) is 0 Å². The van der Waals surface area contributed by atoms with Crippen molar-refractivity contribution in [3.05, 3.63) is 18.0 Å². The summed E-state index contributed by atoms with van der Waals surface area (Å²) in [6.45, 7) is 11.0. The lowest BCUT2D eigenvalue weighted by atomic mass is 10.0. The molecular formula is C17H33N3. The summed E-state index contributed by atoms with van der Waals surface area (Å²) in [6.07, 6.45) is 9.99. The Bertz CT molecular complexity index is 344. The van der Waals surface area contributed by atoms with E-state index in [1.807, 2.05) is 0 Å². The molecule has 0 aliphatic rings. The third-order valence-corrected chi connectivity index (χ3v) is 3.90. The van der Waals surface area contributed by atoms with Gasteiger partial charge < -0.3 is 5.32 Å². The molecule has 1 rings (SSSR count). The van der Waals surface area contributed by atoms with Crippen molar-refractivity contribution in [1.29, 1.82) is 0 Å². The van der Waals surface area contributed by atoms with Crippen LogP contribution in [0.3, 0.4) is 0 Å². The summed E-state index contributed by atoms with van der Waals surface area (Å²) >= 11 is 0. The van der Waals surface area contributed by atoms with Crippen molar-refractivity contribution < 1.29 is 0 Å². The second-order valence-electron chi connectivity index (χ2n) is 6.32. The number of nitrogens with one attached hydrogen (secondary N) is 1. The van der Waals surface area contributed by atoms with Gasteiger partial charge in [-0.2, -0.15) is 5.10 Å². The van der Waals surface area contributed by atoms with E-state index in [4.69, 9.17) is 0 Å². The summed E-state index contributed by atoms with van der Waals surface area (Å²) in [6, 6.07) is 2.63. The maximum Gasteiger partial charge on any atom is 0.0762 e. The highest BCUT2D eigenvalue weighted by atomic mass is 15.3. The minimum atomic E-state index is 0.504. The van der Waals surface area contributed by atoms with Crippen molar-refractivity contribution in [2.24, 2.45) is 5.92 Å². The molecule has 3 heteroatoms. The lowest BCUT2D eigenvalue weighted by molar-refractivity contribution is 0.470. The molecule has 0 fully saturated rings. The van der Waals surface area contributed by atoms with Gasteiger partial charge in [0.05, 0.1) is 5.69 Å². The van der Waals surface area contributed by atoms with Gasteiger partial charge in [0, 0.05) is 18.8 Å². The van der Waals surface area contributed by atoms with Crippen molar-refractivity contribution in [3.8, 4) is 0 Å². The summed E-state index contributed by atoms with van der Waals surface area (Å²) in [4.78, 5) is 0. The van der Waals surface area contributed by atoms with Crippen molar-refractivity contribution in [3.63, 3.8) is 0 Å². The van der Waals surface area contributed by atoms with E-state index in [2.05, 4.69) is 55.1 Å². The molecule has 1 atom stereocenters. The zero-order valence-corrected chi connectivity index (χ0v) is 13.9. The van der Waals surface area contributed by atoms with Gasteiger partial charge in [-0.15, -0.1) is 0 Å². The van der Waals surface area contributed by atoms with Gasteiger partial charge >= 0.3 is 0 Å². The van der Waals surface area contributed by atoms with Crippen molar-refractivity contribution in [1.82, 2.24) is 15.1 Å². The van der Waals surface area contributed by atoms with Crippen molar-refractivity contribution in [2.45, 2.75) is 78.8 Å². The van der Waals surface area contributed by atoms with Gasteiger partial charge in [-0.25, -0.2) is 0 Å². The molecule has 0 saturated carbocycles. The quantitative estimate of drug-likeness (QED) is 0.602. The second-order valence-corrected chi connectivity index (χ2v) is 6.32. The van der Waals surface area contributed by atoms with Crippen LogP contribution in [0.4, 0.5) is 0 Å². The van der Waals surface area contributed by atoms with Gasteiger partial charge in [-0.3, -0.25) is 4.68 Å². The lowest BCUT2D eigenvalue weighted by Gasteiger charge is -2.08. The van der Waals surface area contributed by atoms with E-state index >= 15 is 0 Å². The first-order valence-electron chi connectivity index (χ1n) is 8.38. The van der Waals surface area contributed by atoms with E-state index < -0.39 is 0 Å². The van der Waals surface area contributed by atoms with Crippen LogP contribution >= 0.6 is 0 Å². The molecule has 1 aromatic heterocycles. The van der Waals surface area contributed by atoms with E-state index in [1.54, 1.807) is 0 Å². The average molecular weight is 279 g/mol. The van der Waals surface area contributed by atoms with Gasteiger partial charge in [-0.05, 0) is 38.3 Å². The highest BCUT2D eigenvalue weighted by Crippen LogP contribution is 2.10. The summed E-state index contributed by atoms with van der Waals surface area (Å²) in [5.74, 6) is 0.855. The van der Waals surface area contributed by atoms with E-state index in [0.29, 0.717) is 6.04 Å². The third-order valence-electron chi connectivity index (χ3n) is 3.90. The fourth-order valence-corrected chi connectivity index (χ4v) is 2.28. The average Bonchev–Trinajstić information content (AvgIpc) is 2.89. The van der Waals surface area contributed by atoms with Crippen LogP contribution in [-0.4, -0.2) is 16.3 Å². The molecule has 0 amide bonds. The molecule has 1 heterocycles. The van der Waals surface area contributed by atoms with Gasteiger partial charge in [-0.1, -0.05) is 46.5 Å². The molecule has 3 nitrogen and oxygen atoms in total. The minimum absolute atomic E-state index is 0.504. The predicted octanol–water partition coefficient (Wildman–Crippen LogP) is 4.55. The highest BCUT2D eigenvalue weighted by molar-refractivity contribution is 4.99. The Morgan fingerprint density at radius 2 is 1.90 bits per heavy atom. The van der Waals surface area contributed by atoms with E-state index in [0.717, 1.165) is 31.1 Å². The Balaban J connectivity index is 2.02. The second kappa shape index (κ2) is 9.98. The SMILES string of the molecule is CCC(C)n1ccc(CNCCCCCCC(C)C)n1. The standard InChI is InChI=1S/C17H33N3/c1-5-16(4)20-13-11-17(19-20)14-18-12-9-7-6-8-10-15(2)3/h11,13,15-16,18H,5-10,12,14H2,1-4H3. The van der Waals surface area contributed by atoms with Crippen LogP contribution in [0.15, 0.2) is 12.3 Å². The van der Waals surface area contributed by atoms with Crippen LogP contribution in [0, 0.1) is 5.92 Å². The van der Waals surface area contributed by atoms with Crippen LogP contribution in [0.25, 0.3) is 0 Å². The van der Waals surface area contributed by atoms with Crippen molar-refractivity contribution in [2.75, 3.05) is 6.54 Å². The summed E-state index contributed by atoms with van der Waals surface area (Å²) in [5.41, 5.74) is 1.16. The lowest BCUT2D eigenvalue weighted by Crippen LogP contribution is -2.15. The number of unbranched alkanes of at least 4 members (excludes halogenated alkanes) is 3. The topological polar surface area (TPSA) is 29.9 Å². The Kier molecular flexibility index (Phi) is 8.59. The molecule has 1 aromatic rings. The van der Waals surface area contributed by atoms with Crippen LogP contribution in [0.1, 0.15) is 78.0 Å². The zero-order valence-electron chi connectivity index (χ0n) is 13.9. The molecule has 0 bridgehead atoms. The van der Waals surface area contributed by atoms with Gasteiger partial charge in [0.1, 0.15) is 0 Å². The number of hydrogen-bond donors (Lipinski definition) is 1. The summed E-state index contributed by atoms with van der Waals surface area (Å²) in [5, 5.41) is 8.10. The molecule has 1 unspecified atom stereocenters. The van der Waals surface area contributed by atoms with Crippen LogP contribution in [-0.2, 0) is 6.54 Å². The number of hydrogen-bond acceptors (Lipinski definition) is 2. The molecule has 0 aliphatic heterocycles. The van der Waals surface area contributed by atoms with E-state index in [1.165, 1.54) is 32.1 Å². The Morgan fingerprint density at radius 1 is 1.15 bits per heavy atom. The van der Waals surface area contributed by atoms with Gasteiger partial charge in [0.2, 0.25) is 0 Å². The number of nitrogens with zero attached hydrogens (tertiary/aromatic N) is 2. The largest absolute Gasteiger partial charge is 0.311 e. The summed E-state index contributed by atoms with van der Waals surface area (Å²) < 4.78 is 2.07. The van der Waals surface area contributed by atoms with Crippen LogP contribution in [0.2, 0.25) is 0 Å². The molecule has 1 N–H and O–H groups in total. The minimum Gasteiger partial charge on any atom is -0.311 e. The zero-order chi connectivity index (χ0) is 14.8. The third kappa shape index (κ3) is 7.09. The first-order valence-corrected chi connectivity index (χ1v) is 8.38. The molecule has 20 heavy (non-hydrogen) atoms. The molecule has 0 spiro atoms. The Hall–Kier alpha value is -0.830. The van der Waals surface area contributed by atoms with E-state index in [9.17, 15) is 0 Å². The molecule has 0 aromatic carbocycles. The Labute approximate surface area is 125 Å². The molecule has 0 radical (unpaired) electrons. The van der Waals surface area contributed by atoms with Crippen LogP contribution in [0.5, 0.6) is 0 Å². The molecule has 116 valence electrons. The Morgan fingerprint density at radius 3 is 2.60 bits per heavy atom. The van der Waals surface area contributed by atoms with Crippen molar-refractivity contribution >= 4 is 0 Å². The fourth-order valence-electron chi connectivity index (χ4n) is 2.28. The number of rotatable bonds is 11. The smallest absolute Gasteiger partial charge is 0.0762 e. The maximum absolute atomic E-state index is 4.60. The first kappa shape index (κ1) is 17.2. The fraction of sp³-hybridized carbons (Fsp3) is 0.824. The molecule has 0 aliphatic carbocycles. The first-order chi connectivity index (χ1) is 9.63. The predicted molar refractivity (Wildman–Crippen MR) is 86.9 cm³/mol. The molecule has 0 saturated heterocycles. The molecular weight excluding hydrogens is 246 g/mol. The normalized spacial score (nSPS) is 13.1. The van der Waals surface area contributed by atoms with E-state index in [-0.39, 0.29) is 0 Å². The summed E-state index contributed by atoms with van der Waals surface area (Å²) in [7, 11) is 0. The monoisotopic (exact) mass is 279 g/mol. The maximum atomic E-state index is 4.60.